The fraction of sp³-hybridized carbons (Fsp3) is 0.308. The monoisotopic (exact) mass is 473 g/mol. The standard InChI is InChI=1S/C26H27N5O4/c1-16-22(30-15-29-16)8-9-27-25(33)17-4-5-18(14-31-10-2-3-24(31)32)23(12-17)35-20-6-7-21-19(11-20)13-28-26(21)34/h4-7,11-12,15H,2-3,8-10,13-14H2,1H3,(H,27,33)(H,28,34)(H,29,30). The zero-order valence-electron chi connectivity index (χ0n) is 19.5. The molecule has 0 unspecified atom stereocenters. The predicted octanol–water partition coefficient (Wildman–Crippen LogP) is 2.85. The van der Waals surface area contributed by atoms with Crippen LogP contribution in [0.3, 0.4) is 0 Å². The van der Waals surface area contributed by atoms with Gasteiger partial charge in [0.25, 0.3) is 11.8 Å². The lowest BCUT2D eigenvalue weighted by Crippen LogP contribution is -2.26. The van der Waals surface area contributed by atoms with E-state index in [9.17, 15) is 14.4 Å². The van der Waals surface area contributed by atoms with Gasteiger partial charge in [-0.1, -0.05) is 6.07 Å². The number of H-pyrrole nitrogens is 1. The minimum Gasteiger partial charge on any atom is -0.457 e. The quantitative estimate of drug-likeness (QED) is 0.465. The molecule has 0 spiro atoms. The van der Waals surface area contributed by atoms with Crippen molar-refractivity contribution in [3.05, 3.63) is 76.4 Å². The second-order valence-electron chi connectivity index (χ2n) is 8.83. The van der Waals surface area contributed by atoms with Crippen molar-refractivity contribution in [1.29, 1.82) is 0 Å². The van der Waals surface area contributed by atoms with Crippen molar-refractivity contribution in [2.24, 2.45) is 0 Å². The molecule has 3 N–H and O–H groups in total. The number of rotatable bonds is 8. The molecule has 3 aromatic rings. The highest BCUT2D eigenvalue weighted by Crippen LogP contribution is 2.31. The van der Waals surface area contributed by atoms with Crippen LogP contribution in [0, 0.1) is 6.92 Å². The normalized spacial score (nSPS) is 14.7. The lowest BCUT2D eigenvalue weighted by Gasteiger charge is -2.19. The van der Waals surface area contributed by atoms with Gasteiger partial charge < -0.3 is 25.3 Å². The molecule has 0 radical (unpaired) electrons. The van der Waals surface area contributed by atoms with E-state index < -0.39 is 0 Å². The summed E-state index contributed by atoms with van der Waals surface area (Å²) in [5.41, 5.74) is 4.70. The molecule has 3 amide bonds. The summed E-state index contributed by atoms with van der Waals surface area (Å²) in [6, 6.07) is 10.6. The van der Waals surface area contributed by atoms with Crippen molar-refractivity contribution < 1.29 is 19.1 Å². The van der Waals surface area contributed by atoms with Crippen molar-refractivity contribution in [1.82, 2.24) is 25.5 Å². The molecule has 5 rings (SSSR count). The number of nitrogens with one attached hydrogen (secondary N) is 3. The summed E-state index contributed by atoms with van der Waals surface area (Å²) >= 11 is 0. The van der Waals surface area contributed by atoms with Gasteiger partial charge >= 0.3 is 0 Å². The Bertz CT molecular complexity index is 1300. The summed E-state index contributed by atoms with van der Waals surface area (Å²) in [7, 11) is 0. The molecule has 3 heterocycles. The molecule has 180 valence electrons. The molecule has 2 aromatic carbocycles. The van der Waals surface area contributed by atoms with E-state index in [1.54, 1.807) is 35.5 Å². The number of carbonyl (C=O) groups is 3. The van der Waals surface area contributed by atoms with E-state index in [0.29, 0.717) is 61.6 Å². The summed E-state index contributed by atoms with van der Waals surface area (Å²) < 4.78 is 6.21. The van der Waals surface area contributed by atoms with Gasteiger partial charge in [-0.2, -0.15) is 0 Å². The Morgan fingerprint density at radius 3 is 2.86 bits per heavy atom. The highest BCUT2D eigenvalue weighted by atomic mass is 16.5. The maximum absolute atomic E-state index is 12.9. The largest absolute Gasteiger partial charge is 0.457 e. The van der Waals surface area contributed by atoms with Crippen LogP contribution in [0.5, 0.6) is 11.5 Å². The van der Waals surface area contributed by atoms with Crippen molar-refractivity contribution in [3.8, 4) is 11.5 Å². The Hall–Kier alpha value is -4.14. The van der Waals surface area contributed by atoms with Crippen molar-refractivity contribution in [3.63, 3.8) is 0 Å². The predicted molar refractivity (Wildman–Crippen MR) is 128 cm³/mol. The van der Waals surface area contributed by atoms with Crippen LogP contribution in [0.25, 0.3) is 0 Å². The van der Waals surface area contributed by atoms with E-state index in [4.69, 9.17) is 4.74 Å². The van der Waals surface area contributed by atoms with Crippen LogP contribution >= 0.6 is 0 Å². The third-order valence-electron chi connectivity index (χ3n) is 6.43. The number of fused-ring (bicyclic) bond motifs is 1. The molecule has 9 heteroatoms. The Labute approximate surface area is 202 Å². The van der Waals surface area contributed by atoms with Gasteiger partial charge in [-0.3, -0.25) is 14.4 Å². The Morgan fingerprint density at radius 2 is 2.09 bits per heavy atom. The summed E-state index contributed by atoms with van der Waals surface area (Å²) in [4.78, 5) is 46.0. The van der Waals surface area contributed by atoms with Crippen LogP contribution in [0.2, 0.25) is 0 Å². The van der Waals surface area contributed by atoms with Crippen LogP contribution < -0.4 is 15.4 Å². The van der Waals surface area contributed by atoms with Crippen LogP contribution in [-0.4, -0.2) is 45.7 Å². The minimum absolute atomic E-state index is 0.0940. The molecule has 2 aliphatic heterocycles. The molecule has 1 aromatic heterocycles. The van der Waals surface area contributed by atoms with Crippen LogP contribution in [0.15, 0.2) is 42.7 Å². The Balaban J connectivity index is 1.35. The number of hydrogen-bond acceptors (Lipinski definition) is 5. The summed E-state index contributed by atoms with van der Waals surface area (Å²) in [5, 5.41) is 5.74. The summed E-state index contributed by atoms with van der Waals surface area (Å²) in [6.07, 6.45) is 3.67. The number of aromatic nitrogens is 2. The number of carbonyl (C=O) groups excluding carboxylic acids is 3. The lowest BCUT2D eigenvalue weighted by molar-refractivity contribution is -0.128. The second-order valence-corrected chi connectivity index (χ2v) is 8.83. The number of nitrogens with zero attached hydrogens (tertiary/aromatic N) is 2. The van der Waals surface area contributed by atoms with Gasteiger partial charge in [0.1, 0.15) is 11.5 Å². The Kier molecular flexibility index (Phi) is 6.22. The van der Waals surface area contributed by atoms with Crippen LogP contribution in [-0.2, 0) is 24.3 Å². The SMILES string of the molecule is Cc1[nH]cnc1CCNC(=O)c1ccc(CN2CCCC2=O)c(Oc2ccc3c(c2)CNC3=O)c1. The molecule has 0 aliphatic carbocycles. The van der Waals surface area contributed by atoms with E-state index >= 15 is 0 Å². The zero-order chi connectivity index (χ0) is 24.4. The van der Waals surface area contributed by atoms with E-state index in [0.717, 1.165) is 28.9 Å². The molecular weight excluding hydrogens is 446 g/mol. The minimum atomic E-state index is -0.212. The average Bonchev–Trinajstić information content (AvgIpc) is 3.56. The Morgan fingerprint density at radius 1 is 1.20 bits per heavy atom. The van der Waals surface area contributed by atoms with E-state index in [1.807, 2.05) is 19.1 Å². The van der Waals surface area contributed by atoms with Gasteiger partial charge in [0.15, 0.2) is 0 Å². The smallest absolute Gasteiger partial charge is 0.251 e. The highest BCUT2D eigenvalue weighted by molar-refractivity contribution is 5.98. The van der Waals surface area contributed by atoms with E-state index in [2.05, 4.69) is 20.6 Å². The number of aryl methyl sites for hydroxylation is 1. The topological polar surface area (TPSA) is 116 Å². The molecule has 0 bridgehead atoms. The maximum atomic E-state index is 12.9. The third kappa shape index (κ3) is 4.89. The lowest BCUT2D eigenvalue weighted by atomic mass is 10.1. The molecule has 9 nitrogen and oxygen atoms in total. The number of hydrogen-bond donors (Lipinski definition) is 3. The van der Waals surface area contributed by atoms with Crippen molar-refractivity contribution in [2.75, 3.05) is 13.1 Å². The third-order valence-corrected chi connectivity index (χ3v) is 6.43. The van der Waals surface area contributed by atoms with E-state index in [-0.39, 0.29) is 17.7 Å². The fourth-order valence-corrected chi connectivity index (χ4v) is 4.43. The molecule has 1 fully saturated rings. The van der Waals surface area contributed by atoms with Gasteiger partial charge in [-0.05, 0) is 49.2 Å². The van der Waals surface area contributed by atoms with Crippen LogP contribution in [0.1, 0.15) is 56.1 Å². The second kappa shape index (κ2) is 9.61. The number of likely N-dealkylation sites (tertiary alicyclic amines) is 1. The van der Waals surface area contributed by atoms with Gasteiger partial charge in [-0.25, -0.2) is 4.98 Å². The maximum Gasteiger partial charge on any atom is 0.251 e. The first kappa shape index (κ1) is 22.6. The van der Waals surface area contributed by atoms with Gasteiger partial charge in [-0.15, -0.1) is 0 Å². The van der Waals surface area contributed by atoms with Gasteiger partial charge in [0.2, 0.25) is 5.91 Å². The van der Waals surface area contributed by atoms with E-state index in [1.165, 1.54) is 0 Å². The number of amides is 3. The number of ether oxygens (including phenoxy) is 1. The van der Waals surface area contributed by atoms with Crippen molar-refractivity contribution >= 4 is 17.7 Å². The molecule has 2 aliphatic rings. The molecule has 1 saturated heterocycles. The van der Waals surface area contributed by atoms with Gasteiger partial charge in [0.05, 0.1) is 12.0 Å². The average molecular weight is 474 g/mol. The molecule has 0 saturated carbocycles. The summed E-state index contributed by atoms with van der Waals surface area (Å²) in [6.45, 7) is 3.98. The first-order valence-corrected chi connectivity index (χ1v) is 11.7. The molecule has 35 heavy (non-hydrogen) atoms. The first-order chi connectivity index (χ1) is 17.0. The zero-order valence-corrected chi connectivity index (χ0v) is 19.5. The van der Waals surface area contributed by atoms with Crippen LogP contribution in [0.4, 0.5) is 0 Å². The molecular formula is C26H27N5O4. The number of imidazole rings is 1. The van der Waals surface area contributed by atoms with Crippen molar-refractivity contribution in [2.45, 2.75) is 39.3 Å². The summed E-state index contributed by atoms with van der Waals surface area (Å²) in [5.74, 6) is 0.895. The fourth-order valence-electron chi connectivity index (χ4n) is 4.43. The number of benzene rings is 2. The highest BCUT2D eigenvalue weighted by Gasteiger charge is 2.23. The molecule has 0 atom stereocenters. The first-order valence-electron chi connectivity index (χ1n) is 11.7. The number of aromatic amines is 1. The van der Waals surface area contributed by atoms with Gasteiger partial charge in [0, 0.05) is 61.4 Å².